The summed E-state index contributed by atoms with van der Waals surface area (Å²) >= 11 is 0. The number of carbonyl (C=O) groups excluding carboxylic acids is 1. The van der Waals surface area contributed by atoms with Gasteiger partial charge in [-0.2, -0.15) is 0 Å². The van der Waals surface area contributed by atoms with Gasteiger partial charge in [0.2, 0.25) is 5.91 Å². The summed E-state index contributed by atoms with van der Waals surface area (Å²) in [7, 11) is 2.00. The van der Waals surface area contributed by atoms with Gasteiger partial charge in [-0.05, 0) is 50.7 Å². The molecule has 1 saturated heterocycles. The molecule has 0 saturated carbocycles. The van der Waals surface area contributed by atoms with Crippen molar-refractivity contribution in [2.24, 2.45) is 5.92 Å². The third-order valence-electron chi connectivity index (χ3n) is 3.87. The molecule has 0 bridgehead atoms. The highest BCUT2D eigenvalue weighted by molar-refractivity contribution is 5.78. The molecule has 1 fully saturated rings. The molecule has 2 N–H and O–H groups in total. The lowest BCUT2D eigenvalue weighted by Crippen LogP contribution is -2.40. The van der Waals surface area contributed by atoms with Gasteiger partial charge in [-0.3, -0.25) is 4.79 Å². The second-order valence-corrected chi connectivity index (χ2v) is 5.68. The van der Waals surface area contributed by atoms with Gasteiger partial charge in [0.1, 0.15) is 5.82 Å². The number of rotatable bonds is 6. The summed E-state index contributed by atoms with van der Waals surface area (Å²) in [6, 6.07) is 6.53. The summed E-state index contributed by atoms with van der Waals surface area (Å²) in [5, 5.41) is 6.27. The highest BCUT2D eigenvalue weighted by atomic mass is 19.1. The number of benzene rings is 1. The summed E-state index contributed by atoms with van der Waals surface area (Å²) < 4.78 is 12.8. The van der Waals surface area contributed by atoms with E-state index in [2.05, 4.69) is 15.5 Å². The van der Waals surface area contributed by atoms with Crippen molar-refractivity contribution in [3.8, 4) is 0 Å². The van der Waals surface area contributed by atoms with Crippen LogP contribution in [-0.2, 0) is 11.3 Å². The standard InChI is InChI=1S/C16H24FN3O/c1-20(12-13-2-4-15(17)5-3-13)11-10-19-16(21)14-6-8-18-9-7-14/h2-5,14,18H,6-12H2,1H3,(H,19,21). The van der Waals surface area contributed by atoms with E-state index >= 15 is 0 Å². The van der Waals surface area contributed by atoms with Crippen molar-refractivity contribution in [1.82, 2.24) is 15.5 Å². The van der Waals surface area contributed by atoms with E-state index in [9.17, 15) is 9.18 Å². The maximum Gasteiger partial charge on any atom is 0.223 e. The Morgan fingerprint density at radius 3 is 2.67 bits per heavy atom. The second-order valence-electron chi connectivity index (χ2n) is 5.68. The molecular weight excluding hydrogens is 269 g/mol. The van der Waals surface area contributed by atoms with Gasteiger partial charge in [-0.15, -0.1) is 0 Å². The Morgan fingerprint density at radius 1 is 1.33 bits per heavy atom. The van der Waals surface area contributed by atoms with Crippen molar-refractivity contribution in [2.45, 2.75) is 19.4 Å². The van der Waals surface area contributed by atoms with Crippen molar-refractivity contribution in [3.63, 3.8) is 0 Å². The predicted molar refractivity (Wildman–Crippen MR) is 81.3 cm³/mol. The molecule has 2 rings (SSSR count). The summed E-state index contributed by atoms with van der Waals surface area (Å²) in [5.74, 6) is 0.121. The van der Waals surface area contributed by atoms with E-state index in [0.717, 1.165) is 44.6 Å². The number of hydrogen-bond donors (Lipinski definition) is 2. The molecular formula is C16H24FN3O. The fraction of sp³-hybridized carbons (Fsp3) is 0.562. The Bertz CT molecular complexity index is 443. The SMILES string of the molecule is CN(CCNC(=O)C1CCNCC1)Cc1ccc(F)cc1. The fourth-order valence-electron chi connectivity index (χ4n) is 2.58. The van der Waals surface area contributed by atoms with Crippen LogP contribution in [0.1, 0.15) is 18.4 Å². The van der Waals surface area contributed by atoms with Crippen LogP contribution >= 0.6 is 0 Å². The normalized spacial score (nSPS) is 16.1. The highest BCUT2D eigenvalue weighted by Crippen LogP contribution is 2.11. The van der Waals surface area contributed by atoms with Gasteiger partial charge >= 0.3 is 0 Å². The first-order valence-electron chi connectivity index (χ1n) is 7.56. The molecule has 1 aromatic carbocycles. The number of likely N-dealkylation sites (N-methyl/N-ethyl adjacent to an activating group) is 1. The summed E-state index contributed by atoms with van der Waals surface area (Å²) in [5.41, 5.74) is 1.07. The maximum atomic E-state index is 12.8. The number of piperidine rings is 1. The molecule has 0 atom stereocenters. The fourth-order valence-corrected chi connectivity index (χ4v) is 2.58. The van der Waals surface area contributed by atoms with Crippen LogP contribution < -0.4 is 10.6 Å². The van der Waals surface area contributed by atoms with Crippen LogP contribution in [0.5, 0.6) is 0 Å². The molecule has 1 amide bonds. The van der Waals surface area contributed by atoms with E-state index in [4.69, 9.17) is 0 Å². The zero-order chi connectivity index (χ0) is 15.1. The molecule has 116 valence electrons. The van der Waals surface area contributed by atoms with Gasteiger partial charge < -0.3 is 15.5 Å². The minimum atomic E-state index is -0.212. The van der Waals surface area contributed by atoms with Crippen molar-refractivity contribution >= 4 is 5.91 Å². The Morgan fingerprint density at radius 2 is 2.00 bits per heavy atom. The number of carbonyl (C=O) groups is 1. The molecule has 1 aromatic rings. The topological polar surface area (TPSA) is 44.4 Å². The Balaban J connectivity index is 1.65. The van der Waals surface area contributed by atoms with Crippen molar-refractivity contribution in [1.29, 1.82) is 0 Å². The van der Waals surface area contributed by atoms with E-state index < -0.39 is 0 Å². The summed E-state index contributed by atoms with van der Waals surface area (Å²) in [6.45, 7) is 4.06. The van der Waals surface area contributed by atoms with Crippen LogP contribution in [0.15, 0.2) is 24.3 Å². The minimum Gasteiger partial charge on any atom is -0.355 e. The lowest BCUT2D eigenvalue weighted by molar-refractivity contribution is -0.125. The molecule has 1 heterocycles. The average Bonchev–Trinajstić information content (AvgIpc) is 2.50. The monoisotopic (exact) mass is 293 g/mol. The lowest BCUT2D eigenvalue weighted by atomic mass is 9.97. The largest absolute Gasteiger partial charge is 0.355 e. The van der Waals surface area contributed by atoms with Crippen LogP contribution in [0.3, 0.4) is 0 Å². The van der Waals surface area contributed by atoms with Gasteiger partial charge in [0.05, 0.1) is 0 Å². The second kappa shape index (κ2) is 8.10. The van der Waals surface area contributed by atoms with Crippen molar-refractivity contribution in [2.75, 3.05) is 33.2 Å². The average molecular weight is 293 g/mol. The van der Waals surface area contributed by atoms with Gasteiger partial charge in [-0.25, -0.2) is 4.39 Å². The number of hydrogen-bond acceptors (Lipinski definition) is 3. The molecule has 0 aliphatic carbocycles. The molecule has 21 heavy (non-hydrogen) atoms. The Labute approximate surface area is 125 Å². The third kappa shape index (κ3) is 5.44. The molecule has 0 aromatic heterocycles. The van der Waals surface area contributed by atoms with Gasteiger partial charge in [0.15, 0.2) is 0 Å². The molecule has 1 aliphatic rings. The van der Waals surface area contributed by atoms with Gasteiger partial charge in [0, 0.05) is 25.6 Å². The quantitative estimate of drug-likeness (QED) is 0.833. The van der Waals surface area contributed by atoms with Crippen molar-refractivity contribution in [3.05, 3.63) is 35.6 Å². The zero-order valence-corrected chi connectivity index (χ0v) is 12.6. The molecule has 5 heteroatoms. The molecule has 0 radical (unpaired) electrons. The Kier molecular flexibility index (Phi) is 6.14. The van der Waals surface area contributed by atoms with Crippen LogP contribution in [0.4, 0.5) is 4.39 Å². The Hall–Kier alpha value is -1.46. The number of nitrogens with zero attached hydrogens (tertiary/aromatic N) is 1. The number of nitrogens with one attached hydrogen (secondary N) is 2. The maximum absolute atomic E-state index is 12.8. The van der Waals surface area contributed by atoms with E-state index in [1.165, 1.54) is 12.1 Å². The number of amides is 1. The van der Waals surface area contributed by atoms with E-state index in [1.807, 2.05) is 7.05 Å². The first-order chi connectivity index (χ1) is 10.1. The molecule has 1 aliphatic heterocycles. The minimum absolute atomic E-state index is 0.161. The summed E-state index contributed by atoms with van der Waals surface area (Å²) in [6.07, 6.45) is 1.86. The molecule has 0 unspecified atom stereocenters. The zero-order valence-electron chi connectivity index (χ0n) is 12.6. The van der Waals surface area contributed by atoms with Gasteiger partial charge in [-0.1, -0.05) is 12.1 Å². The van der Waals surface area contributed by atoms with E-state index in [1.54, 1.807) is 12.1 Å². The van der Waals surface area contributed by atoms with E-state index in [0.29, 0.717) is 6.54 Å². The third-order valence-corrected chi connectivity index (χ3v) is 3.87. The first-order valence-corrected chi connectivity index (χ1v) is 7.56. The lowest BCUT2D eigenvalue weighted by Gasteiger charge is -2.23. The van der Waals surface area contributed by atoms with E-state index in [-0.39, 0.29) is 17.6 Å². The van der Waals surface area contributed by atoms with Crippen LogP contribution in [-0.4, -0.2) is 44.0 Å². The molecule has 4 nitrogen and oxygen atoms in total. The highest BCUT2D eigenvalue weighted by Gasteiger charge is 2.20. The van der Waals surface area contributed by atoms with Crippen molar-refractivity contribution < 1.29 is 9.18 Å². The smallest absolute Gasteiger partial charge is 0.223 e. The first kappa shape index (κ1) is 15.9. The van der Waals surface area contributed by atoms with Crippen LogP contribution in [0, 0.1) is 11.7 Å². The summed E-state index contributed by atoms with van der Waals surface area (Å²) in [4.78, 5) is 14.1. The van der Waals surface area contributed by atoms with Gasteiger partial charge in [0.25, 0.3) is 0 Å². The molecule has 0 spiro atoms. The van der Waals surface area contributed by atoms with Crippen LogP contribution in [0.25, 0.3) is 0 Å². The van der Waals surface area contributed by atoms with Crippen LogP contribution in [0.2, 0.25) is 0 Å². The number of halogens is 1. The predicted octanol–water partition coefficient (Wildman–Crippen LogP) is 1.37.